The fourth-order valence-corrected chi connectivity index (χ4v) is 3.44. The van der Waals surface area contributed by atoms with E-state index in [1.807, 2.05) is 0 Å². The molecule has 1 saturated carbocycles. The van der Waals surface area contributed by atoms with Crippen LogP contribution in [0.2, 0.25) is 0 Å². The predicted octanol–water partition coefficient (Wildman–Crippen LogP) is 0.618. The quantitative estimate of drug-likeness (QED) is 0.822. The zero-order valence-electron chi connectivity index (χ0n) is 10.1. The van der Waals surface area contributed by atoms with E-state index in [9.17, 15) is 8.42 Å². The lowest BCUT2D eigenvalue weighted by atomic mass is 10.2. The second kappa shape index (κ2) is 5.40. The smallest absolute Gasteiger partial charge is 0.274 e. The summed E-state index contributed by atoms with van der Waals surface area (Å²) in [4.78, 5) is 0. The zero-order valence-corrected chi connectivity index (χ0v) is 10.9. The number of aliphatic hydroxyl groups excluding tert-OH is 1. The Morgan fingerprint density at radius 2 is 2.28 bits per heavy atom. The van der Waals surface area contributed by atoms with Gasteiger partial charge in [-0.05, 0) is 31.4 Å². The van der Waals surface area contributed by atoms with Crippen molar-refractivity contribution in [2.45, 2.75) is 43.1 Å². The Bertz CT molecular complexity index is 495. The molecule has 1 fully saturated rings. The molecule has 0 amide bonds. The molecule has 1 aliphatic carbocycles. The van der Waals surface area contributed by atoms with E-state index in [4.69, 9.17) is 14.3 Å². The molecule has 2 atom stereocenters. The predicted molar refractivity (Wildman–Crippen MR) is 63.4 cm³/mol. The Hall–Kier alpha value is -0.890. The molecule has 7 heteroatoms. The number of methoxy groups -OCH3 is 1. The van der Waals surface area contributed by atoms with E-state index in [0.29, 0.717) is 0 Å². The molecule has 0 bridgehead atoms. The minimum Gasteiger partial charge on any atom is -0.446 e. The van der Waals surface area contributed by atoms with Crippen LogP contribution in [0.15, 0.2) is 21.6 Å². The van der Waals surface area contributed by atoms with Gasteiger partial charge in [0, 0.05) is 13.2 Å². The molecule has 0 aromatic carbocycles. The van der Waals surface area contributed by atoms with Crippen molar-refractivity contribution < 1.29 is 22.7 Å². The van der Waals surface area contributed by atoms with E-state index >= 15 is 0 Å². The highest BCUT2D eigenvalue weighted by Gasteiger charge is 2.32. The summed E-state index contributed by atoms with van der Waals surface area (Å²) in [5.74, 6) is 0.227. The van der Waals surface area contributed by atoms with Gasteiger partial charge in [0.25, 0.3) is 10.0 Å². The summed E-state index contributed by atoms with van der Waals surface area (Å²) < 4.78 is 36.9. The molecule has 0 saturated heterocycles. The molecule has 18 heavy (non-hydrogen) atoms. The van der Waals surface area contributed by atoms with E-state index in [2.05, 4.69) is 4.72 Å². The van der Waals surface area contributed by atoms with Crippen molar-refractivity contribution in [2.75, 3.05) is 7.11 Å². The first kappa shape index (κ1) is 13.5. The van der Waals surface area contributed by atoms with E-state index in [-0.39, 0.29) is 29.6 Å². The van der Waals surface area contributed by atoms with Crippen LogP contribution in [0.5, 0.6) is 0 Å². The summed E-state index contributed by atoms with van der Waals surface area (Å²) in [6.07, 6.45) is 2.45. The molecule has 0 aliphatic heterocycles. The first-order chi connectivity index (χ1) is 8.56. The molecule has 1 aromatic heterocycles. The van der Waals surface area contributed by atoms with Crippen molar-refractivity contribution in [2.24, 2.45) is 0 Å². The third-order valence-electron chi connectivity index (χ3n) is 3.12. The van der Waals surface area contributed by atoms with E-state index in [1.165, 1.54) is 12.1 Å². The number of nitrogens with one attached hydrogen (secondary N) is 1. The first-order valence-corrected chi connectivity index (χ1v) is 7.30. The Morgan fingerprint density at radius 3 is 2.89 bits per heavy atom. The fraction of sp³-hybridized carbons (Fsp3) is 0.636. The maximum absolute atomic E-state index is 12.0. The SMILES string of the molecule is COC1CCCC1NS(=O)(=O)c1ccc(CO)o1. The molecule has 2 unspecified atom stereocenters. The minimum absolute atomic E-state index is 0.0907. The van der Waals surface area contributed by atoms with Gasteiger partial charge in [-0.15, -0.1) is 0 Å². The number of aliphatic hydroxyl groups is 1. The lowest BCUT2D eigenvalue weighted by Gasteiger charge is -2.18. The molecule has 0 spiro atoms. The van der Waals surface area contributed by atoms with Gasteiger partial charge in [-0.1, -0.05) is 0 Å². The van der Waals surface area contributed by atoms with Gasteiger partial charge in [-0.2, -0.15) is 0 Å². The minimum atomic E-state index is -3.68. The van der Waals surface area contributed by atoms with Gasteiger partial charge in [-0.3, -0.25) is 0 Å². The molecule has 1 aromatic rings. The van der Waals surface area contributed by atoms with E-state index in [1.54, 1.807) is 7.11 Å². The van der Waals surface area contributed by atoms with Gasteiger partial charge in [0.05, 0.1) is 6.10 Å². The highest BCUT2D eigenvalue weighted by molar-refractivity contribution is 7.89. The highest BCUT2D eigenvalue weighted by Crippen LogP contribution is 2.24. The van der Waals surface area contributed by atoms with Crippen molar-refractivity contribution in [1.82, 2.24) is 4.72 Å². The Kier molecular flexibility index (Phi) is 4.06. The number of sulfonamides is 1. The number of hydrogen-bond donors (Lipinski definition) is 2. The lowest BCUT2D eigenvalue weighted by Crippen LogP contribution is -2.40. The van der Waals surface area contributed by atoms with Crippen LogP contribution in [0.25, 0.3) is 0 Å². The van der Waals surface area contributed by atoms with Gasteiger partial charge >= 0.3 is 0 Å². The molecule has 1 heterocycles. The largest absolute Gasteiger partial charge is 0.446 e. The molecule has 102 valence electrons. The average Bonchev–Trinajstić information content (AvgIpc) is 2.96. The molecule has 1 aliphatic rings. The van der Waals surface area contributed by atoms with Crippen molar-refractivity contribution in [3.8, 4) is 0 Å². The van der Waals surface area contributed by atoms with Gasteiger partial charge in [0.2, 0.25) is 5.09 Å². The lowest BCUT2D eigenvalue weighted by molar-refractivity contribution is 0.0915. The maximum atomic E-state index is 12.0. The summed E-state index contributed by atoms with van der Waals surface area (Å²) >= 11 is 0. The fourth-order valence-electron chi connectivity index (χ4n) is 2.19. The molecular weight excluding hydrogens is 258 g/mol. The van der Waals surface area contributed by atoms with Crippen molar-refractivity contribution in [1.29, 1.82) is 0 Å². The maximum Gasteiger partial charge on any atom is 0.274 e. The number of hydrogen-bond acceptors (Lipinski definition) is 5. The Morgan fingerprint density at radius 1 is 1.50 bits per heavy atom. The Balaban J connectivity index is 2.11. The van der Waals surface area contributed by atoms with Crippen LogP contribution in [0.4, 0.5) is 0 Å². The zero-order chi connectivity index (χ0) is 13.2. The van der Waals surface area contributed by atoms with E-state index in [0.717, 1.165) is 19.3 Å². The van der Waals surface area contributed by atoms with Crippen LogP contribution < -0.4 is 4.72 Å². The number of ether oxygens (including phenoxy) is 1. The molecule has 2 N–H and O–H groups in total. The highest BCUT2D eigenvalue weighted by atomic mass is 32.2. The summed E-state index contributed by atoms with van der Waals surface area (Å²) in [5, 5.41) is 8.68. The second-order valence-electron chi connectivity index (χ2n) is 4.31. The molecular formula is C11H17NO5S. The van der Waals surface area contributed by atoms with Gasteiger partial charge in [0.15, 0.2) is 0 Å². The van der Waals surface area contributed by atoms with E-state index < -0.39 is 10.0 Å². The van der Waals surface area contributed by atoms with Crippen LogP contribution >= 0.6 is 0 Å². The topological polar surface area (TPSA) is 88.8 Å². The molecule has 2 rings (SSSR count). The van der Waals surface area contributed by atoms with Crippen LogP contribution in [0, 0.1) is 0 Å². The molecule has 0 radical (unpaired) electrons. The van der Waals surface area contributed by atoms with Crippen LogP contribution in [-0.4, -0.2) is 32.8 Å². The standard InChI is InChI=1S/C11H17NO5S/c1-16-10-4-2-3-9(10)12-18(14,15)11-6-5-8(7-13)17-11/h5-6,9-10,12-13H,2-4,7H2,1H3. The number of rotatable bonds is 5. The van der Waals surface area contributed by atoms with Gasteiger partial charge < -0.3 is 14.3 Å². The van der Waals surface area contributed by atoms with Crippen molar-refractivity contribution >= 4 is 10.0 Å². The average molecular weight is 275 g/mol. The second-order valence-corrected chi connectivity index (χ2v) is 5.96. The van der Waals surface area contributed by atoms with Crippen LogP contribution in [0.1, 0.15) is 25.0 Å². The first-order valence-electron chi connectivity index (χ1n) is 5.81. The Labute approximate surface area is 106 Å². The summed E-state index contributed by atoms with van der Waals surface area (Å²) in [7, 11) is -2.11. The third kappa shape index (κ3) is 2.74. The molecule has 6 nitrogen and oxygen atoms in total. The van der Waals surface area contributed by atoms with Crippen LogP contribution in [0.3, 0.4) is 0 Å². The normalized spacial score (nSPS) is 24.6. The van der Waals surface area contributed by atoms with Crippen LogP contribution in [-0.2, 0) is 21.4 Å². The summed E-state index contributed by atoms with van der Waals surface area (Å²) in [5.41, 5.74) is 0. The summed E-state index contributed by atoms with van der Waals surface area (Å²) in [6, 6.07) is 2.56. The van der Waals surface area contributed by atoms with Gasteiger partial charge in [0.1, 0.15) is 12.4 Å². The number of furan rings is 1. The van der Waals surface area contributed by atoms with Crippen molar-refractivity contribution in [3.05, 3.63) is 17.9 Å². The monoisotopic (exact) mass is 275 g/mol. The third-order valence-corrected chi connectivity index (χ3v) is 4.48. The summed E-state index contributed by atoms with van der Waals surface area (Å²) in [6.45, 7) is -0.320. The van der Waals surface area contributed by atoms with Crippen molar-refractivity contribution in [3.63, 3.8) is 0 Å². The van der Waals surface area contributed by atoms with Gasteiger partial charge in [-0.25, -0.2) is 13.1 Å².